The second-order valence-corrected chi connectivity index (χ2v) is 6.60. The second kappa shape index (κ2) is 2.84. The van der Waals surface area contributed by atoms with Gasteiger partial charge in [0.25, 0.3) is 0 Å². The van der Waals surface area contributed by atoms with Crippen LogP contribution in [0.2, 0.25) is 0 Å². The minimum Gasteiger partial charge on any atom is -0.232 e. The van der Waals surface area contributed by atoms with Crippen molar-refractivity contribution < 1.29 is 4.58 Å². The Morgan fingerprint density at radius 3 is 1.50 bits per heavy atom. The van der Waals surface area contributed by atoms with Gasteiger partial charge in [0.2, 0.25) is 0 Å². The third-order valence-corrected chi connectivity index (χ3v) is 4.99. The first-order valence-corrected chi connectivity index (χ1v) is 5.62. The van der Waals surface area contributed by atoms with Crippen molar-refractivity contribution in [3.63, 3.8) is 0 Å². The van der Waals surface area contributed by atoms with Crippen LogP contribution in [0.25, 0.3) is 0 Å². The van der Waals surface area contributed by atoms with Crippen molar-refractivity contribution in [1.29, 1.82) is 0 Å². The van der Waals surface area contributed by atoms with Crippen LogP contribution in [0, 0.1) is 10.8 Å². The number of hydrogen-bond donors (Lipinski definition) is 0. The van der Waals surface area contributed by atoms with Crippen LogP contribution in [0.15, 0.2) is 0 Å². The van der Waals surface area contributed by atoms with E-state index in [4.69, 9.17) is 0 Å². The van der Waals surface area contributed by atoms with Gasteiger partial charge in [-0.1, -0.05) is 27.7 Å². The van der Waals surface area contributed by atoms with Crippen LogP contribution in [0.3, 0.4) is 0 Å². The Balaban J connectivity index is 3.34. The summed E-state index contributed by atoms with van der Waals surface area (Å²) in [4.78, 5) is 0. The van der Waals surface area contributed by atoms with E-state index in [0.717, 1.165) is 0 Å². The first-order chi connectivity index (χ1) is 6.04. The highest BCUT2D eigenvalue weighted by molar-refractivity contribution is 5.74. The normalized spacial score (nSPS) is 27.9. The zero-order chi connectivity index (χ0) is 11.4. The Kier molecular flexibility index (Phi) is 2.38. The molecule has 1 heterocycles. The van der Waals surface area contributed by atoms with Gasteiger partial charge in [0, 0.05) is 38.5 Å². The maximum Gasteiger partial charge on any atom is 0.162 e. The van der Waals surface area contributed by atoms with E-state index in [9.17, 15) is 0 Å². The number of rotatable bonds is 0. The summed E-state index contributed by atoms with van der Waals surface area (Å²) in [6.07, 6.45) is 0. The van der Waals surface area contributed by atoms with Crippen molar-refractivity contribution in [2.75, 3.05) is 6.54 Å². The van der Waals surface area contributed by atoms with Crippen molar-refractivity contribution in [3.05, 3.63) is 0 Å². The van der Waals surface area contributed by atoms with Gasteiger partial charge < -0.3 is 0 Å². The molecule has 0 N–H and O–H groups in total. The van der Waals surface area contributed by atoms with Gasteiger partial charge >= 0.3 is 0 Å². The Labute approximate surface area is 89.2 Å². The molecule has 0 aliphatic carbocycles. The molecule has 0 aromatic carbocycles. The van der Waals surface area contributed by atoms with Crippen molar-refractivity contribution in [3.8, 4) is 0 Å². The predicted molar refractivity (Wildman–Crippen MR) is 63.1 cm³/mol. The fourth-order valence-electron chi connectivity index (χ4n) is 2.67. The van der Waals surface area contributed by atoms with Gasteiger partial charge in [-0.2, -0.15) is 0 Å². The molecular formula is C13H26N+. The lowest BCUT2D eigenvalue weighted by molar-refractivity contribution is -0.590. The van der Waals surface area contributed by atoms with E-state index in [0.29, 0.717) is 10.8 Å². The average Bonchev–Trinajstić information content (AvgIpc) is 2.08. The van der Waals surface area contributed by atoms with Gasteiger partial charge in [-0.25, -0.2) is 4.58 Å². The highest BCUT2D eigenvalue weighted by atomic mass is 15.2. The van der Waals surface area contributed by atoms with Gasteiger partial charge in [0.1, 0.15) is 12.3 Å². The Morgan fingerprint density at radius 2 is 1.36 bits per heavy atom. The van der Waals surface area contributed by atoms with Gasteiger partial charge in [0.05, 0.1) is 0 Å². The van der Waals surface area contributed by atoms with Crippen molar-refractivity contribution >= 4 is 5.71 Å². The van der Waals surface area contributed by atoms with E-state index in [1.807, 2.05) is 0 Å². The van der Waals surface area contributed by atoms with E-state index in [2.05, 4.69) is 60.0 Å². The smallest absolute Gasteiger partial charge is 0.162 e. The van der Waals surface area contributed by atoms with E-state index in [1.54, 1.807) is 0 Å². The van der Waals surface area contributed by atoms with E-state index in [1.165, 1.54) is 12.3 Å². The zero-order valence-electron chi connectivity index (χ0n) is 11.2. The topological polar surface area (TPSA) is 3.01 Å². The SMILES string of the molecule is CC(C)=[N+]1CC(C)(C)C(C)(C)C1(C)C. The molecule has 1 nitrogen and oxygen atoms in total. The molecule has 0 amide bonds. The number of hydrogen-bond acceptors (Lipinski definition) is 0. The van der Waals surface area contributed by atoms with Crippen LogP contribution in [-0.2, 0) is 0 Å². The molecule has 0 bridgehead atoms. The van der Waals surface area contributed by atoms with Gasteiger partial charge in [0.15, 0.2) is 5.54 Å². The van der Waals surface area contributed by atoms with Crippen LogP contribution >= 0.6 is 0 Å². The minimum atomic E-state index is 0.259. The molecule has 1 rings (SSSR count). The van der Waals surface area contributed by atoms with Gasteiger partial charge in [-0.3, -0.25) is 0 Å². The van der Waals surface area contributed by atoms with E-state index in [-0.39, 0.29) is 5.54 Å². The lowest BCUT2D eigenvalue weighted by Crippen LogP contribution is -2.45. The van der Waals surface area contributed by atoms with Gasteiger partial charge in [-0.15, -0.1) is 0 Å². The van der Waals surface area contributed by atoms with Gasteiger partial charge in [-0.05, 0) is 0 Å². The summed E-state index contributed by atoms with van der Waals surface area (Å²) in [5.74, 6) is 0. The highest BCUT2D eigenvalue weighted by Crippen LogP contribution is 2.53. The lowest BCUT2D eigenvalue weighted by Gasteiger charge is -2.37. The van der Waals surface area contributed by atoms with Crippen LogP contribution < -0.4 is 0 Å². The minimum absolute atomic E-state index is 0.259. The molecule has 14 heavy (non-hydrogen) atoms. The standard InChI is InChI=1S/C13H26N/c1-10(2)14-9-11(3,4)12(5,6)13(14,7)8/h9H2,1-8H3/q+1. The molecule has 1 aliphatic heterocycles. The molecule has 82 valence electrons. The zero-order valence-corrected chi connectivity index (χ0v) is 11.2. The Hall–Kier alpha value is -0.330. The summed E-state index contributed by atoms with van der Waals surface area (Å²) < 4.78 is 2.56. The third kappa shape index (κ3) is 1.24. The Bertz CT molecular complexity index is 276. The van der Waals surface area contributed by atoms with Crippen LogP contribution in [0.4, 0.5) is 0 Å². The monoisotopic (exact) mass is 196 g/mol. The van der Waals surface area contributed by atoms with Crippen LogP contribution in [-0.4, -0.2) is 22.4 Å². The molecule has 1 heteroatoms. The second-order valence-electron chi connectivity index (χ2n) is 6.60. The van der Waals surface area contributed by atoms with Crippen molar-refractivity contribution in [1.82, 2.24) is 0 Å². The van der Waals surface area contributed by atoms with Crippen LogP contribution in [0.5, 0.6) is 0 Å². The third-order valence-electron chi connectivity index (χ3n) is 4.99. The molecule has 1 fully saturated rings. The average molecular weight is 196 g/mol. The molecule has 0 unspecified atom stereocenters. The largest absolute Gasteiger partial charge is 0.232 e. The Morgan fingerprint density at radius 1 is 0.929 bits per heavy atom. The maximum absolute atomic E-state index is 2.56. The fourth-order valence-corrected chi connectivity index (χ4v) is 2.67. The van der Waals surface area contributed by atoms with Crippen molar-refractivity contribution in [2.24, 2.45) is 10.8 Å². The summed E-state index contributed by atoms with van der Waals surface area (Å²) in [6, 6.07) is 0. The molecule has 0 aromatic heterocycles. The van der Waals surface area contributed by atoms with Crippen molar-refractivity contribution in [2.45, 2.75) is 60.9 Å². The molecule has 1 saturated heterocycles. The molecule has 0 radical (unpaired) electrons. The molecular weight excluding hydrogens is 170 g/mol. The maximum atomic E-state index is 2.56. The molecule has 0 atom stereocenters. The lowest BCUT2D eigenvalue weighted by atomic mass is 9.62. The fraction of sp³-hybridized carbons (Fsp3) is 0.923. The predicted octanol–water partition coefficient (Wildman–Crippen LogP) is 3.32. The highest BCUT2D eigenvalue weighted by Gasteiger charge is 2.62. The van der Waals surface area contributed by atoms with E-state index >= 15 is 0 Å². The quantitative estimate of drug-likeness (QED) is 0.523. The summed E-state index contributed by atoms with van der Waals surface area (Å²) in [5.41, 5.74) is 2.43. The number of nitrogens with zero attached hydrogens (tertiary/aromatic N) is 1. The first kappa shape index (κ1) is 11.7. The molecule has 0 spiro atoms. The summed E-state index contributed by atoms with van der Waals surface area (Å²) >= 11 is 0. The molecule has 1 aliphatic rings. The summed E-state index contributed by atoms with van der Waals surface area (Å²) in [7, 11) is 0. The molecule has 0 saturated carbocycles. The summed E-state index contributed by atoms with van der Waals surface area (Å²) in [6.45, 7) is 19.9. The summed E-state index contributed by atoms with van der Waals surface area (Å²) in [5, 5.41) is 0. The van der Waals surface area contributed by atoms with Crippen LogP contribution in [0.1, 0.15) is 55.4 Å². The van der Waals surface area contributed by atoms with E-state index < -0.39 is 0 Å². The first-order valence-electron chi connectivity index (χ1n) is 5.62. The molecule has 0 aromatic rings.